The highest BCUT2D eigenvalue weighted by atomic mass is 15.1. The van der Waals surface area contributed by atoms with Crippen molar-refractivity contribution >= 4 is 5.84 Å². The van der Waals surface area contributed by atoms with Crippen LogP contribution < -0.4 is 0 Å². The van der Waals surface area contributed by atoms with Crippen molar-refractivity contribution in [3.63, 3.8) is 0 Å². The summed E-state index contributed by atoms with van der Waals surface area (Å²) < 4.78 is 0. The number of aliphatic imine (C=N–C) groups is 1. The third-order valence-electron chi connectivity index (χ3n) is 2.15. The normalized spacial score (nSPS) is 12.3. The summed E-state index contributed by atoms with van der Waals surface area (Å²) in [6.07, 6.45) is 2.57. The van der Waals surface area contributed by atoms with Crippen LogP contribution in [0, 0.1) is 5.92 Å². The van der Waals surface area contributed by atoms with E-state index < -0.39 is 0 Å². The largest absolute Gasteiger partial charge is 0.364 e. The Kier molecular flexibility index (Phi) is 5.77. The van der Waals surface area contributed by atoms with Crippen LogP contribution in [-0.4, -0.2) is 31.4 Å². The molecular weight excluding hydrogens is 148 g/mol. The smallest absolute Gasteiger partial charge is 0.0951 e. The SMILES string of the molecule is CN=C(C)N(C)CCCC(C)C. The number of hydrogen-bond acceptors (Lipinski definition) is 1. The molecule has 0 aromatic rings. The molecule has 0 heterocycles. The fourth-order valence-electron chi connectivity index (χ4n) is 1.07. The second-order valence-electron chi connectivity index (χ2n) is 3.73. The van der Waals surface area contributed by atoms with E-state index in [-0.39, 0.29) is 0 Å². The summed E-state index contributed by atoms with van der Waals surface area (Å²) in [6.45, 7) is 7.71. The van der Waals surface area contributed by atoms with Crippen LogP contribution in [0.5, 0.6) is 0 Å². The van der Waals surface area contributed by atoms with Gasteiger partial charge in [-0.05, 0) is 25.7 Å². The van der Waals surface area contributed by atoms with Gasteiger partial charge in [0.2, 0.25) is 0 Å². The summed E-state index contributed by atoms with van der Waals surface area (Å²) in [5.41, 5.74) is 0. The highest BCUT2D eigenvalue weighted by molar-refractivity contribution is 5.79. The molecule has 12 heavy (non-hydrogen) atoms. The van der Waals surface area contributed by atoms with Crippen LogP contribution in [0.2, 0.25) is 0 Å². The Morgan fingerprint density at radius 3 is 2.42 bits per heavy atom. The van der Waals surface area contributed by atoms with Crippen LogP contribution in [-0.2, 0) is 0 Å². The molecule has 0 fully saturated rings. The van der Waals surface area contributed by atoms with E-state index in [0.717, 1.165) is 18.3 Å². The quantitative estimate of drug-likeness (QED) is 0.467. The molecule has 2 nitrogen and oxygen atoms in total. The maximum atomic E-state index is 4.13. The lowest BCUT2D eigenvalue weighted by molar-refractivity contribution is 0.443. The minimum Gasteiger partial charge on any atom is -0.364 e. The van der Waals surface area contributed by atoms with Gasteiger partial charge in [0.1, 0.15) is 0 Å². The van der Waals surface area contributed by atoms with Crippen molar-refractivity contribution in [2.45, 2.75) is 33.6 Å². The van der Waals surface area contributed by atoms with Gasteiger partial charge in [-0.1, -0.05) is 13.8 Å². The van der Waals surface area contributed by atoms with Crippen LogP contribution >= 0.6 is 0 Å². The predicted molar refractivity (Wildman–Crippen MR) is 55.7 cm³/mol. The molecule has 0 spiro atoms. The van der Waals surface area contributed by atoms with E-state index >= 15 is 0 Å². The van der Waals surface area contributed by atoms with Gasteiger partial charge in [-0.25, -0.2) is 0 Å². The fourth-order valence-corrected chi connectivity index (χ4v) is 1.07. The van der Waals surface area contributed by atoms with Crippen molar-refractivity contribution in [3.05, 3.63) is 0 Å². The standard InChI is InChI=1S/C10H22N2/c1-9(2)7-6-8-12(5)10(3)11-4/h9H,6-8H2,1-5H3. The molecular formula is C10H22N2. The Balaban J connectivity index is 3.51. The molecule has 0 radical (unpaired) electrons. The summed E-state index contributed by atoms with van der Waals surface area (Å²) in [6, 6.07) is 0. The summed E-state index contributed by atoms with van der Waals surface area (Å²) >= 11 is 0. The van der Waals surface area contributed by atoms with Gasteiger partial charge in [0, 0.05) is 20.6 Å². The van der Waals surface area contributed by atoms with Gasteiger partial charge in [0.15, 0.2) is 0 Å². The lowest BCUT2D eigenvalue weighted by Crippen LogP contribution is -2.25. The van der Waals surface area contributed by atoms with Gasteiger partial charge in [-0.2, -0.15) is 0 Å². The van der Waals surface area contributed by atoms with Crippen LogP contribution in [0.4, 0.5) is 0 Å². The van der Waals surface area contributed by atoms with E-state index in [0.29, 0.717) is 0 Å². The lowest BCUT2D eigenvalue weighted by atomic mass is 10.1. The van der Waals surface area contributed by atoms with Crippen molar-refractivity contribution in [1.29, 1.82) is 0 Å². The molecule has 0 aliphatic heterocycles. The van der Waals surface area contributed by atoms with Crippen molar-refractivity contribution in [2.24, 2.45) is 10.9 Å². The average molecular weight is 170 g/mol. The molecule has 0 atom stereocenters. The predicted octanol–water partition coefficient (Wildman–Crippen LogP) is 2.40. The van der Waals surface area contributed by atoms with E-state index in [1.165, 1.54) is 12.8 Å². The first-order valence-electron chi connectivity index (χ1n) is 4.72. The maximum Gasteiger partial charge on any atom is 0.0951 e. The molecule has 0 aliphatic carbocycles. The average Bonchev–Trinajstić information content (AvgIpc) is 2.02. The zero-order chi connectivity index (χ0) is 9.56. The zero-order valence-electron chi connectivity index (χ0n) is 9.09. The topological polar surface area (TPSA) is 15.6 Å². The van der Waals surface area contributed by atoms with E-state index in [1.54, 1.807) is 0 Å². The summed E-state index contributed by atoms with van der Waals surface area (Å²) in [7, 11) is 3.94. The molecule has 0 bridgehead atoms. The van der Waals surface area contributed by atoms with Gasteiger partial charge in [-0.3, -0.25) is 4.99 Å². The molecule has 0 aromatic carbocycles. The third-order valence-corrected chi connectivity index (χ3v) is 2.15. The van der Waals surface area contributed by atoms with Crippen LogP contribution in [0.1, 0.15) is 33.6 Å². The summed E-state index contributed by atoms with van der Waals surface area (Å²) in [4.78, 5) is 6.34. The number of rotatable bonds is 4. The van der Waals surface area contributed by atoms with Gasteiger partial charge < -0.3 is 4.90 Å². The monoisotopic (exact) mass is 170 g/mol. The molecule has 0 aliphatic rings. The van der Waals surface area contributed by atoms with Crippen LogP contribution in [0.3, 0.4) is 0 Å². The Morgan fingerprint density at radius 1 is 1.42 bits per heavy atom. The molecule has 0 unspecified atom stereocenters. The fraction of sp³-hybridized carbons (Fsp3) is 0.900. The second-order valence-corrected chi connectivity index (χ2v) is 3.73. The Hall–Kier alpha value is -0.530. The van der Waals surface area contributed by atoms with Gasteiger partial charge >= 0.3 is 0 Å². The molecule has 0 N–H and O–H groups in total. The molecule has 0 rings (SSSR count). The van der Waals surface area contributed by atoms with Crippen molar-refractivity contribution in [3.8, 4) is 0 Å². The molecule has 0 amide bonds. The second kappa shape index (κ2) is 6.04. The van der Waals surface area contributed by atoms with Gasteiger partial charge in [0.05, 0.1) is 5.84 Å². The van der Waals surface area contributed by atoms with Crippen molar-refractivity contribution in [2.75, 3.05) is 20.6 Å². The Labute approximate surface area is 76.7 Å². The first-order valence-corrected chi connectivity index (χ1v) is 4.72. The number of amidine groups is 1. The Bertz CT molecular complexity index is 139. The minimum absolute atomic E-state index is 0.817. The first-order chi connectivity index (χ1) is 5.57. The molecule has 0 saturated heterocycles. The summed E-state index contributed by atoms with van der Waals surface area (Å²) in [5, 5.41) is 0. The zero-order valence-corrected chi connectivity index (χ0v) is 9.09. The third kappa shape index (κ3) is 5.16. The highest BCUT2D eigenvalue weighted by Crippen LogP contribution is 2.04. The van der Waals surface area contributed by atoms with Gasteiger partial charge in [-0.15, -0.1) is 0 Å². The van der Waals surface area contributed by atoms with Crippen LogP contribution in [0.15, 0.2) is 4.99 Å². The van der Waals surface area contributed by atoms with E-state index in [9.17, 15) is 0 Å². The molecule has 0 saturated carbocycles. The van der Waals surface area contributed by atoms with E-state index in [1.807, 2.05) is 7.05 Å². The number of hydrogen-bond donors (Lipinski definition) is 0. The van der Waals surface area contributed by atoms with E-state index in [4.69, 9.17) is 0 Å². The number of nitrogens with zero attached hydrogens (tertiary/aromatic N) is 2. The van der Waals surface area contributed by atoms with Crippen molar-refractivity contribution < 1.29 is 0 Å². The molecule has 2 heteroatoms. The van der Waals surface area contributed by atoms with Crippen molar-refractivity contribution in [1.82, 2.24) is 4.90 Å². The lowest BCUT2D eigenvalue weighted by Gasteiger charge is -2.18. The molecule has 72 valence electrons. The minimum atomic E-state index is 0.817. The Morgan fingerprint density at radius 2 is 2.00 bits per heavy atom. The maximum absolute atomic E-state index is 4.13. The van der Waals surface area contributed by atoms with Gasteiger partial charge in [0.25, 0.3) is 0 Å². The highest BCUT2D eigenvalue weighted by Gasteiger charge is 1.99. The molecule has 0 aromatic heterocycles. The van der Waals surface area contributed by atoms with E-state index in [2.05, 4.69) is 37.7 Å². The summed E-state index contributed by atoms with van der Waals surface area (Å²) in [5.74, 6) is 1.94. The van der Waals surface area contributed by atoms with Crippen LogP contribution in [0.25, 0.3) is 0 Å². The first kappa shape index (κ1) is 11.5.